The molecule has 0 unspecified atom stereocenters. The molecule has 158 valence electrons. The van der Waals surface area contributed by atoms with Crippen LogP contribution in [0.3, 0.4) is 0 Å². The quantitative estimate of drug-likeness (QED) is 0.297. The first-order valence-electron chi connectivity index (χ1n) is 11.0. The van der Waals surface area contributed by atoms with Crippen LogP contribution in [0.15, 0.2) is 120 Å². The Hall–Kier alpha value is -3.57. The van der Waals surface area contributed by atoms with E-state index < -0.39 is 0 Å². The Morgan fingerprint density at radius 2 is 1.12 bits per heavy atom. The third-order valence-electron chi connectivity index (χ3n) is 6.23. The Morgan fingerprint density at radius 3 is 1.85 bits per heavy atom. The van der Waals surface area contributed by atoms with Gasteiger partial charge in [-0.1, -0.05) is 0 Å². The van der Waals surface area contributed by atoms with Crippen molar-refractivity contribution in [2.75, 3.05) is 0 Å². The standard InChI is InChI=1S/C30H19INO/c1-4-13-27-22(8-1)23-9-2-5-14-28(23)32(27)21-18-16-20(17-19-21)31-26-12-7-11-25-24-10-3-6-15-29(24)33-30(25)26/h1-19H/q-1. The molecule has 0 aliphatic heterocycles. The Bertz CT molecular complexity index is 1740. The fraction of sp³-hybridized carbons (Fsp3) is 0. The van der Waals surface area contributed by atoms with E-state index in [1.807, 2.05) is 6.07 Å². The van der Waals surface area contributed by atoms with E-state index in [1.165, 1.54) is 45.4 Å². The van der Waals surface area contributed by atoms with Gasteiger partial charge in [0.25, 0.3) is 0 Å². The van der Waals surface area contributed by atoms with Crippen molar-refractivity contribution in [2.45, 2.75) is 0 Å². The number of hydrogen-bond donors (Lipinski definition) is 0. The molecule has 0 radical (unpaired) electrons. The molecule has 2 nitrogen and oxygen atoms in total. The van der Waals surface area contributed by atoms with E-state index in [0.717, 1.165) is 11.2 Å². The van der Waals surface area contributed by atoms with Gasteiger partial charge in [0.2, 0.25) is 0 Å². The molecule has 7 aromatic rings. The van der Waals surface area contributed by atoms with Gasteiger partial charge in [0.1, 0.15) is 0 Å². The molecule has 0 amide bonds. The first-order chi connectivity index (χ1) is 16.4. The molecule has 0 atom stereocenters. The van der Waals surface area contributed by atoms with E-state index in [1.54, 1.807) is 0 Å². The number of rotatable bonds is 3. The SMILES string of the molecule is c1ccc2c(c1)oc1c([I-]c3ccc(-n4c5ccccc5c5ccccc54)cc3)cccc12. The Labute approximate surface area is 201 Å². The van der Waals surface area contributed by atoms with E-state index >= 15 is 0 Å². The number of hydrogen-bond acceptors (Lipinski definition) is 1. The molecule has 7 rings (SSSR count). The number of fused-ring (bicyclic) bond motifs is 6. The van der Waals surface area contributed by atoms with Crippen LogP contribution in [-0.4, -0.2) is 4.57 Å². The number of furan rings is 1. The average Bonchev–Trinajstić information content (AvgIpc) is 3.42. The van der Waals surface area contributed by atoms with Crippen molar-refractivity contribution >= 4 is 43.7 Å². The molecule has 0 saturated heterocycles. The molecule has 0 bridgehead atoms. The number of benzene rings is 5. The fourth-order valence-electron chi connectivity index (χ4n) is 4.76. The van der Waals surface area contributed by atoms with Crippen LogP contribution < -0.4 is 21.2 Å². The Balaban J connectivity index is 1.31. The predicted octanol–water partition coefficient (Wildman–Crippen LogP) is 4.81. The van der Waals surface area contributed by atoms with Gasteiger partial charge in [0.05, 0.1) is 0 Å². The molecular formula is C30H19INO-. The van der Waals surface area contributed by atoms with Crippen molar-refractivity contribution < 1.29 is 25.6 Å². The zero-order valence-corrected chi connectivity index (χ0v) is 19.9. The van der Waals surface area contributed by atoms with Crippen LogP contribution in [0.4, 0.5) is 0 Å². The molecule has 2 heterocycles. The van der Waals surface area contributed by atoms with Gasteiger partial charge in [-0.25, -0.2) is 0 Å². The predicted molar refractivity (Wildman–Crippen MR) is 132 cm³/mol. The van der Waals surface area contributed by atoms with Crippen LogP contribution in [0.25, 0.3) is 49.4 Å². The summed E-state index contributed by atoms with van der Waals surface area (Å²) in [6.07, 6.45) is 0. The first kappa shape index (κ1) is 18.9. The number of para-hydroxylation sites is 4. The molecule has 0 N–H and O–H groups in total. The van der Waals surface area contributed by atoms with E-state index in [0.29, 0.717) is 0 Å². The second-order valence-electron chi connectivity index (χ2n) is 8.16. The third kappa shape index (κ3) is 3.00. The average molecular weight is 536 g/mol. The minimum atomic E-state index is -0.356. The van der Waals surface area contributed by atoms with Crippen molar-refractivity contribution in [2.24, 2.45) is 0 Å². The maximum atomic E-state index is 6.26. The molecular weight excluding hydrogens is 517 g/mol. The fourth-order valence-corrected chi connectivity index (χ4v) is 7.18. The van der Waals surface area contributed by atoms with Crippen LogP contribution in [0.1, 0.15) is 0 Å². The number of nitrogens with zero attached hydrogens (tertiary/aromatic N) is 1. The summed E-state index contributed by atoms with van der Waals surface area (Å²) in [4.78, 5) is 0. The van der Waals surface area contributed by atoms with Crippen molar-refractivity contribution in [3.8, 4) is 5.69 Å². The van der Waals surface area contributed by atoms with Crippen LogP contribution in [0.5, 0.6) is 0 Å². The van der Waals surface area contributed by atoms with Gasteiger partial charge in [-0.15, -0.1) is 0 Å². The Morgan fingerprint density at radius 1 is 0.515 bits per heavy atom. The van der Waals surface area contributed by atoms with Crippen LogP contribution >= 0.6 is 0 Å². The summed E-state index contributed by atoms with van der Waals surface area (Å²) >= 11 is -0.356. The van der Waals surface area contributed by atoms with Crippen LogP contribution in [-0.2, 0) is 0 Å². The van der Waals surface area contributed by atoms with Crippen molar-refractivity contribution in [3.05, 3.63) is 122 Å². The molecule has 0 aliphatic carbocycles. The van der Waals surface area contributed by atoms with Crippen molar-refractivity contribution in [1.29, 1.82) is 0 Å². The zero-order valence-electron chi connectivity index (χ0n) is 17.7. The van der Waals surface area contributed by atoms with E-state index in [-0.39, 0.29) is 21.2 Å². The summed E-state index contributed by atoms with van der Waals surface area (Å²) in [5.74, 6) is 0. The second kappa shape index (κ2) is 7.49. The van der Waals surface area contributed by atoms with Gasteiger partial charge in [0, 0.05) is 0 Å². The van der Waals surface area contributed by atoms with Gasteiger partial charge in [-0.3, -0.25) is 0 Å². The molecule has 33 heavy (non-hydrogen) atoms. The molecule has 0 fully saturated rings. The summed E-state index contributed by atoms with van der Waals surface area (Å²) in [5, 5.41) is 4.99. The summed E-state index contributed by atoms with van der Waals surface area (Å²) < 4.78 is 11.3. The van der Waals surface area contributed by atoms with Crippen molar-refractivity contribution in [1.82, 2.24) is 4.57 Å². The first-order valence-corrected chi connectivity index (χ1v) is 13.2. The maximum absolute atomic E-state index is 6.26. The molecule has 3 heteroatoms. The molecule has 5 aromatic carbocycles. The van der Waals surface area contributed by atoms with Crippen LogP contribution in [0.2, 0.25) is 0 Å². The van der Waals surface area contributed by atoms with Gasteiger partial charge in [0.15, 0.2) is 0 Å². The summed E-state index contributed by atoms with van der Waals surface area (Å²) in [6, 6.07) is 41.2. The molecule has 0 spiro atoms. The summed E-state index contributed by atoms with van der Waals surface area (Å²) in [6.45, 7) is 0. The van der Waals surface area contributed by atoms with E-state index in [9.17, 15) is 0 Å². The normalized spacial score (nSPS) is 11.9. The molecule has 0 aliphatic rings. The second-order valence-corrected chi connectivity index (χ2v) is 11.1. The van der Waals surface area contributed by atoms with Gasteiger partial charge in [-0.2, -0.15) is 0 Å². The monoisotopic (exact) mass is 536 g/mol. The van der Waals surface area contributed by atoms with Gasteiger partial charge in [-0.05, 0) is 0 Å². The Kier molecular flexibility index (Phi) is 4.30. The number of halogens is 1. The van der Waals surface area contributed by atoms with Gasteiger partial charge < -0.3 is 0 Å². The van der Waals surface area contributed by atoms with Crippen molar-refractivity contribution in [3.63, 3.8) is 0 Å². The number of aromatic nitrogens is 1. The van der Waals surface area contributed by atoms with E-state index in [4.69, 9.17) is 4.42 Å². The molecule has 2 aromatic heterocycles. The van der Waals surface area contributed by atoms with Gasteiger partial charge >= 0.3 is 202 Å². The summed E-state index contributed by atoms with van der Waals surface area (Å²) in [7, 11) is 0. The van der Waals surface area contributed by atoms with Crippen LogP contribution in [0, 0.1) is 7.14 Å². The minimum absolute atomic E-state index is 0.356. The molecule has 0 saturated carbocycles. The zero-order chi connectivity index (χ0) is 21.8. The topological polar surface area (TPSA) is 18.1 Å². The summed E-state index contributed by atoms with van der Waals surface area (Å²) in [5.41, 5.74) is 5.69. The van der Waals surface area contributed by atoms with E-state index in [2.05, 4.69) is 114 Å². The third-order valence-corrected chi connectivity index (χ3v) is 9.00.